The number of rotatable bonds is 7. The molecular weight excluding hydrogens is 440 g/mol. The maximum absolute atomic E-state index is 5.42. The normalized spacial score (nSPS) is 14.1. The number of pyridine rings is 1. The van der Waals surface area contributed by atoms with Gasteiger partial charge in [-0.15, -0.1) is 12.4 Å². The van der Waals surface area contributed by atoms with Crippen LogP contribution in [0, 0.1) is 0 Å². The van der Waals surface area contributed by atoms with Crippen molar-refractivity contribution in [1.29, 1.82) is 0 Å². The van der Waals surface area contributed by atoms with E-state index in [9.17, 15) is 0 Å². The van der Waals surface area contributed by atoms with Crippen molar-refractivity contribution >= 4 is 35.2 Å². The quantitative estimate of drug-likeness (QED) is 0.381. The van der Waals surface area contributed by atoms with Crippen molar-refractivity contribution in [2.24, 2.45) is 0 Å². The molecular formula is C23H27ClN8O. The zero-order chi connectivity index (χ0) is 21.8. The number of hydrogen-bond acceptors (Lipinski definition) is 8. The van der Waals surface area contributed by atoms with Crippen molar-refractivity contribution < 1.29 is 4.74 Å². The highest BCUT2D eigenvalue weighted by Gasteiger charge is 2.11. The van der Waals surface area contributed by atoms with E-state index >= 15 is 0 Å². The molecule has 1 aliphatic heterocycles. The summed E-state index contributed by atoms with van der Waals surface area (Å²) < 4.78 is 5.42. The van der Waals surface area contributed by atoms with Crippen molar-refractivity contribution in [3.8, 4) is 17.3 Å². The summed E-state index contributed by atoms with van der Waals surface area (Å²) in [7, 11) is 0. The van der Waals surface area contributed by atoms with Gasteiger partial charge in [0.2, 0.25) is 5.95 Å². The minimum atomic E-state index is 0. The van der Waals surface area contributed by atoms with Crippen LogP contribution >= 0.6 is 12.4 Å². The van der Waals surface area contributed by atoms with E-state index in [1.54, 1.807) is 6.20 Å². The highest BCUT2D eigenvalue weighted by Crippen LogP contribution is 2.25. The van der Waals surface area contributed by atoms with Gasteiger partial charge < -0.3 is 20.4 Å². The maximum atomic E-state index is 5.42. The number of H-pyrrole nitrogens is 1. The Labute approximate surface area is 198 Å². The number of ether oxygens (including phenoxy) is 1. The number of aromatic amines is 1. The number of aromatic nitrogens is 5. The highest BCUT2D eigenvalue weighted by atomic mass is 35.5. The first-order chi connectivity index (χ1) is 15.8. The number of benzene rings is 1. The fraction of sp³-hybridized carbons (Fsp3) is 0.304. The first-order valence-corrected chi connectivity index (χ1v) is 10.9. The maximum Gasteiger partial charge on any atom is 0.316 e. The van der Waals surface area contributed by atoms with Gasteiger partial charge in [0.25, 0.3) is 0 Å². The number of piperazine rings is 1. The molecule has 1 fully saturated rings. The number of anilines is 2. The second-order valence-corrected chi connectivity index (χ2v) is 7.68. The largest absolute Gasteiger partial charge is 0.464 e. The minimum absolute atomic E-state index is 0. The lowest BCUT2D eigenvalue weighted by Gasteiger charge is -2.27. The molecule has 4 aromatic rings. The first-order valence-electron chi connectivity index (χ1n) is 10.9. The molecule has 1 saturated heterocycles. The molecule has 3 N–H and O–H groups in total. The molecule has 3 aromatic heterocycles. The molecule has 10 heteroatoms. The van der Waals surface area contributed by atoms with Gasteiger partial charge in [0.15, 0.2) is 0 Å². The van der Waals surface area contributed by atoms with Crippen LogP contribution in [0.25, 0.3) is 22.3 Å². The van der Waals surface area contributed by atoms with E-state index in [-0.39, 0.29) is 12.4 Å². The summed E-state index contributed by atoms with van der Waals surface area (Å²) in [5, 5.41) is 6.69. The molecule has 1 aliphatic rings. The Kier molecular flexibility index (Phi) is 7.33. The van der Waals surface area contributed by atoms with Crippen LogP contribution in [0.1, 0.15) is 12.5 Å². The van der Waals surface area contributed by atoms with Crippen LogP contribution in [-0.2, 0) is 6.54 Å². The Balaban J connectivity index is 0.00000259. The Morgan fingerprint density at radius 1 is 1.03 bits per heavy atom. The summed E-state index contributed by atoms with van der Waals surface area (Å²) in [5.41, 5.74) is 4.78. The number of imidazole rings is 1. The van der Waals surface area contributed by atoms with Gasteiger partial charge in [-0.3, -0.25) is 4.90 Å². The topological polar surface area (TPSA) is 104 Å². The third-order valence-corrected chi connectivity index (χ3v) is 5.37. The lowest BCUT2D eigenvalue weighted by atomic mass is 10.1. The third kappa shape index (κ3) is 5.57. The van der Waals surface area contributed by atoms with Gasteiger partial charge in [0.1, 0.15) is 5.82 Å². The molecule has 9 nitrogen and oxygen atoms in total. The molecule has 0 saturated carbocycles. The Morgan fingerprint density at radius 3 is 2.73 bits per heavy atom. The van der Waals surface area contributed by atoms with Crippen molar-refractivity contribution in [3.63, 3.8) is 0 Å². The standard InChI is InChI=1S/C23H26N8O.ClH/c1-2-32-23-26-8-6-18(29-23)17-3-4-19-20(14-17)28-22(27-19)30-21-13-16(5-7-25-21)15-31-11-9-24-10-12-31;/h3-8,13-14,24H,2,9-12,15H2,1H3,(H2,25,27,28,30);1H. The second-order valence-electron chi connectivity index (χ2n) is 7.68. The number of halogens is 1. The van der Waals surface area contributed by atoms with Gasteiger partial charge in [0.05, 0.1) is 23.3 Å². The summed E-state index contributed by atoms with van der Waals surface area (Å²) in [6.07, 6.45) is 3.54. The predicted octanol–water partition coefficient (Wildman–Crippen LogP) is 3.38. The van der Waals surface area contributed by atoms with E-state index in [1.165, 1.54) is 5.56 Å². The molecule has 1 aromatic carbocycles. The third-order valence-electron chi connectivity index (χ3n) is 5.37. The Morgan fingerprint density at radius 2 is 1.88 bits per heavy atom. The molecule has 0 radical (unpaired) electrons. The molecule has 0 atom stereocenters. The van der Waals surface area contributed by atoms with Gasteiger partial charge in [-0.1, -0.05) is 6.07 Å². The number of nitrogens with zero attached hydrogens (tertiary/aromatic N) is 5. The number of nitrogens with one attached hydrogen (secondary N) is 3. The van der Waals surface area contributed by atoms with Crippen LogP contribution in [0.3, 0.4) is 0 Å². The Hall–Kier alpha value is -3.27. The summed E-state index contributed by atoms with van der Waals surface area (Å²) in [6, 6.07) is 12.4. The number of fused-ring (bicyclic) bond motifs is 1. The van der Waals surface area contributed by atoms with E-state index < -0.39 is 0 Å². The summed E-state index contributed by atoms with van der Waals surface area (Å²) in [5.74, 6) is 1.43. The number of hydrogen-bond donors (Lipinski definition) is 3. The zero-order valence-electron chi connectivity index (χ0n) is 18.4. The van der Waals surface area contributed by atoms with Crippen LogP contribution in [0.5, 0.6) is 6.01 Å². The molecule has 0 bridgehead atoms. The van der Waals surface area contributed by atoms with Gasteiger partial charge >= 0.3 is 6.01 Å². The lowest BCUT2D eigenvalue weighted by Crippen LogP contribution is -2.42. The van der Waals surface area contributed by atoms with E-state index in [1.807, 2.05) is 37.4 Å². The zero-order valence-corrected chi connectivity index (χ0v) is 19.2. The molecule has 0 amide bonds. The molecule has 172 valence electrons. The second kappa shape index (κ2) is 10.6. The fourth-order valence-corrected chi connectivity index (χ4v) is 3.82. The minimum Gasteiger partial charge on any atom is -0.464 e. The molecule has 0 unspecified atom stereocenters. The smallest absolute Gasteiger partial charge is 0.316 e. The van der Waals surface area contributed by atoms with Gasteiger partial charge in [-0.2, -0.15) is 4.98 Å². The lowest BCUT2D eigenvalue weighted by molar-refractivity contribution is 0.233. The monoisotopic (exact) mass is 466 g/mol. The van der Waals surface area contributed by atoms with Crippen molar-refractivity contribution in [2.45, 2.75) is 13.5 Å². The van der Waals surface area contributed by atoms with Gasteiger partial charge in [-0.25, -0.2) is 15.0 Å². The van der Waals surface area contributed by atoms with Crippen LogP contribution in [0.15, 0.2) is 48.8 Å². The Bertz CT molecular complexity index is 1210. The molecule has 4 heterocycles. The summed E-state index contributed by atoms with van der Waals surface area (Å²) in [4.78, 5) is 23.5. The highest BCUT2D eigenvalue weighted by molar-refractivity contribution is 5.85. The predicted molar refractivity (Wildman–Crippen MR) is 131 cm³/mol. The SMILES string of the molecule is CCOc1nccc(-c2ccc3nc(Nc4cc(CN5CCNCC5)ccn4)[nH]c3c2)n1.Cl. The van der Waals surface area contributed by atoms with Gasteiger partial charge in [0, 0.05) is 50.7 Å². The molecule has 5 rings (SSSR count). The average molecular weight is 467 g/mol. The van der Waals surface area contributed by atoms with Crippen LogP contribution in [0.4, 0.5) is 11.8 Å². The molecule has 33 heavy (non-hydrogen) atoms. The fourth-order valence-electron chi connectivity index (χ4n) is 3.82. The average Bonchev–Trinajstić information content (AvgIpc) is 3.22. The van der Waals surface area contributed by atoms with Gasteiger partial charge in [-0.05, 0) is 42.8 Å². The first kappa shape index (κ1) is 22.9. The van der Waals surface area contributed by atoms with Crippen molar-refractivity contribution in [2.75, 3.05) is 38.1 Å². The van der Waals surface area contributed by atoms with Crippen molar-refractivity contribution in [3.05, 3.63) is 54.4 Å². The molecule has 0 aliphatic carbocycles. The van der Waals surface area contributed by atoms with Crippen LogP contribution in [-0.4, -0.2) is 62.6 Å². The van der Waals surface area contributed by atoms with Crippen LogP contribution < -0.4 is 15.4 Å². The van der Waals surface area contributed by atoms with E-state index in [2.05, 4.69) is 52.6 Å². The summed E-state index contributed by atoms with van der Waals surface area (Å²) >= 11 is 0. The summed E-state index contributed by atoms with van der Waals surface area (Å²) in [6.45, 7) is 7.58. The van der Waals surface area contributed by atoms with E-state index in [0.717, 1.165) is 60.8 Å². The van der Waals surface area contributed by atoms with E-state index in [4.69, 9.17) is 4.74 Å². The van der Waals surface area contributed by atoms with Crippen LogP contribution in [0.2, 0.25) is 0 Å². The van der Waals surface area contributed by atoms with Crippen molar-refractivity contribution in [1.82, 2.24) is 35.1 Å². The molecule has 0 spiro atoms. The van der Waals surface area contributed by atoms with E-state index in [0.29, 0.717) is 18.6 Å².